The Hall–Kier alpha value is -0.530. The molecule has 1 rings (SSSR count). The molecular formula is C18H35NO. The van der Waals surface area contributed by atoms with Crippen LogP contribution in [0.1, 0.15) is 55.4 Å². The predicted molar refractivity (Wildman–Crippen MR) is 86.3 cm³/mol. The fraction of sp³-hybridized carbons (Fsp3) is 0.944. The smallest absolute Gasteiger partial charge is 0.223 e. The molecule has 20 heavy (non-hydrogen) atoms. The van der Waals surface area contributed by atoms with E-state index in [0.29, 0.717) is 41.4 Å². The molecule has 0 spiro atoms. The molecular weight excluding hydrogens is 246 g/mol. The monoisotopic (exact) mass is 281 g/mol. The molecule has 0 aromatic heterocycles. The molecule has 118 valence electrons. The first kappa shape index (κ1) is 17.5. The van der Waals surface area contributed by atoms with Gasteiger partial charge in [-0.15, -0.1) is 0 Å². The van der Waals surface area contributed by atoms with Gasteiger partial charge < -0.3 is 5.32 Å². The molecule has 0 bridgehead atoms. The van der Waals surface area contributed by atoms with Gasteiger partial charge in [-0.3, -0.25) is 4.79 Å². The Bertz CT molecular complexity index is 319. The molecule has 0 aromatic carbocycles. The van der Waals surface area contributed by atoms with Gasteiger partial charge in [-0.05, 0) is 41.4 Å². The van der Waals surface area contributed by atoms with Crippen molar-refractivity contribution in [1.29, 1.82) is 0 Å². The minimum Gasteiger partial charge on any atom is -0.356 e. The van der Waals surface area contributed by atoms with E-state index in [1.54, 1.807) is 0 Å². The second-order valence-electron chi connectivity index (χ2n) is 8.07. The molecule has 0 radical (unpaired) electrons. The Morgan fingerprint density at radius 3 is 1.65 bits per heavy atom. The summed E-state index contributed by atoms with van der Waals surface area (Å²) in [5, 5.41) is 3.24. The molecule has 2 nitrogen and oxygen atoms in total. The van der Waals surface area contributed by atoms with E-state index in [1.165, 1.54) is 0 Å². The summed E-state index contributed by atoms with van der Waals surface area (Å²) in [6.07, 6.45) is 0. The minimum absolute atomic E-state index is 0.158. The number of amides is 1. The number of hydrogen-bond donors (Lipinski definition) is 1. The van der Waals surface area contributed by atoms with E-state index in [2.05, 4.69) is 60.7 Å². The number of rotatable bonds is 4. The van der Waals surface area contributed by atoms with Gasteiger partial charge in [0, 0.05) is 12.5 Å². The van der Waals surface area contributed by atoms with E-state index in [-0.39, 0.29) is 11.8 Å². The zero-order valence-corrected chi connectivity index (χ0v) is 14.7. The lowest BCUT2D eigenvalue weighted by molar-refractivity contribution is -0.129. The van der Waals surface area contributed by atoms with Crippen molar-refractivity contribution < 1.29 is 4.79 Å². The molecule has 4 unspecified atom stereocenters. The summed E-state index contributed by atoms with van der Waals surface area (Å²) >= 11 is 0. The summed E-state index contributed by atoms with van der Waals surface area (Å²) in [6.45, 7) is 19.1. The van der Waals surface area contributed by atoms with Crippen molar-refractivity contribution >= 4 is 5.91 Å². The highest BCUT2D eigenvalue weighted by molar-refractivity contribution is 5.79. The van der Waals surface area contributed by atoms with Crippen LogP contribution < -0.4 is 5.32 Å². The van der Waals surface area contributed by atoms with Crippen LogP contribution in [0.2, 0.25) is 0 Å². The van der Waals surface area contributed by atoms with Crippen LogP contribution in [0, 0.1) is 47.3 Å². The lowest BCUT2D eigenvalue weighted by Gasteiger charge is -2.42. The lowest BCUT2D eigenvalue weighted by atomic mass is 9.62. The third-order valence-electron chi connectivity index (χ3n) is 5.28. The normalized spacial score (nSPS) is 32.1. The summed E-state index contributed by atoms with van der Waals surface area (Å²) in [7, 11) is 0. The van der Waals surface area contributed by atoms with Crippen molar-refractivity contribution in [3.05, 3.63) is 0 Å². The molecule has 1 saturated heterocycles. The standard InChI is InChI=1S/C18H35NO/c1-10(2)14-9-19-18(20)17(13(7)8)16(12(5)6)15(14)11(3)4/h10-17H,9H2,1-8H3,(H,19,20). The largest absolute Gasteiger partial charge is 0.356 e. The van der Waals surface area contributed by atoms with Crippen LogP contribution >= 0.6 is 0 Å². The van der Waals surface area contributed by atoms with Crippen molar-refractivity contribution in [2.24, 2.45) is 47.3 Å². The van der Waals surface area contributed by atoms with Crippen LogP contribution in [0.25, 0.3) is 0 Å². The molecule has 1 amide bonds. The van der Waals surface area contributed by atoms with Gasteiger partial charge >= 0.3 is 0 Å². The molecule has 0 aliphatic carbocycles. The zero-order chi connectivity index (χ0) is 15.6. The van der Waals surface area contributed by atoms with Crippen molar-refractivity contribution in [2.75, 3.05) is 6.54 Å². The molecule has 0 saturated carbocycles. The van der Waals surface area contributed by atoms with Gasteiger partial charge in [0.25, 0.3) is 0 Å². The Kier molecular flexibility index (Phi) is 6.09. The van der Waals surface area contributed by atoms with Crippen LogP contribution in [0.15, 0.2) is 0 Å². The fourth-order valence-corrected chi connectivity index (χ4v) is 4.40. The van der Waals surface area contributed by atoms with Crippen molar-refractivity contribution in [3.8, 4) is 0 Å². The van der Waals surface area contributed by atoms with Crippen molar-refractivity contribution in [3.63, 3.8) is 0 Å². The summed E-state index contributed by atoms with van der Waals surface area (Å²) in [5.74, 6) is 4.37. The quantitative estimate of drug-likeness (QED) is 0.822. The van der Waals surface area contributed by atoms with Crippen molar-refractivity contribution in [1.82, 2.24) is 5.32 Å². The number of nitrogens with one attached hydrogen (secondary N) is 1. The van der Waals surface area contributed by atoms with Crippen molar-refractivity contribution in [2.45, 2.75) is 55.4 Å². The van der Waals surface area contributed by atoms with Gasteiger partial charge in [0.15, 0.2) is 0 Å². The summed E-state index contributed by atoms with van der Waals surface area (Å²) in [4.78, 5) is 12.6. The molecule has 1 heterocycles. The Morgan fingerprint density at radius 2 is 1.30 bits per heavy atom. The highest BCUT2D eigenvalue weighted by Crippen LogP contribution is 2.44. The first-order valence-electron chi connectivity index (χ1n) is 8.46. The van der Waals surface area contributed by atoms with E-state index in [1.807, 2.05) is 0 Å². The summed E-state index contributed by atoms with van der Waals surface area (Å²) < 4.78 is 0. The average Bonchev–Trinajstić information content (AvgIpc) is 2.45. The average molecular weight is 281 g/mol. The third-order valence-corrected chi connectivity index (χ3v) is 5.28. The van der Waals surface area contributed by atoms with Crippen LogP contribution in [0.5, 0.6) is 0 Å². The predicted octanol–water partition coefficient (Wildman–Crippen LogP) is 4.21. The fourth-order valence-electron chi connectivity index (χ4n) is 4.40. The van der Waals surface area contributed by atoms with E-state index in [9.17, 15) is 4.79 Å². The zero-order valence-electron chi connectivity index (χ0n) is 14.7. The van der Waals surface area contributed by atoms with Crippen LogP contribution in [-0.4, -0.2) is 12.5 Å². The number of carbonyl (C=O) groups is 1. The maximum atomic E-state index is 12.6. The molecule has 2 heteroatoms. The van der Waals surface area contributed by atoms with Crippen LogP contribution in [0.3, 0.4) is 0 Å². The minimum atomic E-state index is 0.158. The van der Waals surface area contributed by atoms with E-state index in [0.717, 1.165) is 6.54 Å². The Balaban J connectivity index is 3.27. The van der Waals surface area contributed by atoms with Gasteiger partial charge in [-0.2, -0.15) is 0 Å². The molecule has 4 atom stereocenters. The lowest BCUT2D eigenvalue weighted by Crippen LogP contribution is -2.40. The summed E-state index contributed by atoms with van der Waals surface area (Å²) in [6, 6.07) is 0. The van der Waals surface area contributed by atoms with Gasteiger partial charge in [-0.1, -0.05) is 55.4 Å². The van der Waals surface area contributed by atoms with Gasteiger partial charge in [0.05, 0.1) is 0 Å². The Morgan fingerprint density at radius 1 is 0.800 bits per heavy atom. The molecule has 0 aromatic rings. The first-order valence-corrected chi connectivity index (χ1v) is 8.46. The second kappa shape index (κ2) is 6.95. The highest BCUT2D eigenvalue weighted by Gasteiger charge is 2.45. The topological polar surface area (TPSA) is 29.1 Å². The van der Waals surface area contributed by atoms with Crippen LogP contribution in [0.4, 0.5) is 0 Å². The third kappa shape index (κ3) is 3.56. The molecule has 1 aliphatic rings. The van der Waals surface area contributed by atoms with Crippen LogP contribution in [-0.2, 0) is 4.79 Å². The summed E-state index contributed by atoms with van der Waals surface area (Å²) in [5.41, 5.74) is 0. The maximum absolute atomic E-state index is 12.6. The highest BCUT2D eigenvalue weighted by atomic mass is 16.1. The number of hydrogen-bond acceptors (Lipinski definition) is 1. The Labute approximate surface area is 126 Å². The van der Waals surface area contributed by atoms with E-state index >= 15 is 0 Å². The second-order valence-corrected chi connectivity index (χ2v) is 8.07. The molecule has 1 N–H and O–H groups in total. The van der Waals surface area contributed by atoms with Gasteiger partial charge in [-0.25, -0.2) is 0 Å². The van der Waals surface area contributed by atoms with E-state index in [4.69, 9.17) is 0 Å². The first-order chi connectivity index (χ1) is 9.18. The molecule has 1 fully saturated rings. The molecule has 1 aliphatic heterocycles. The van der Waals surface area contributed by atoms with Gasteiger partial charge in [0.2, 0.25) is 5.91 Å². The SMILES string of the molecule is CC(C)C1CNC(=O)C(C(C)C)C(C(C)C)C1C(C)C. The maximum Gasteiger partial charge on any atom is 0.223 e. The van der Waals surface area contributed by atoms with E-state index < -0.39 is 0 Å². The van der Waals surface area contributed by atoms with Gasteiger partial charge in [0.1, 0.15) is 0 Å². The number of carbonyl (C=O) groups excluding carboxylic acids is 1.